The van der Waals surface area contributed by atoms with Crippen molar-refractivity contribution in [2.24, 2.45) is 0 Å². The molecule has 0 aliphatic carbocycles. The van der Waals surface area contributed by atoms with Crippen LogP contribution in [0, 0.1) is 0 Å². The zero-order chi connectivity index (χ0) is 21.0. The van der Waals surface area contributed by atoms with E-state index in [4.69, 9.17) is 9.72 Å². The number of esters is 1. The van der Waals surface area contributed by atoms with Crippen LogP contribution in [0.1, 0.15) is 44.1 Å². The molecule has 29 heavy (non-hydrogen) atoms. The molecule has 7 nitrogen and oxygen atoms in total. The van der Waals surface area contributed by atoms with Crippen LogP contribution in [0.25, 0.3) is 22.3 Å². The van der Waals surface area contributed by atoms with E-state index in [1.165, 1.54) is 0 Å². The van der Waals surface area contributed by atoms with Crippen molar-refractivity contribution >= 4 is 22.9 Å². The summed E-state index contributed by atoms with van der Waals surface area (Å²) in [5, 5.41) is 5.00. The molecule has 152 valence electrons. The summed E-state index contributed by atoms with van der Waals surface area (Å²) in [4.78, 5) is 31.4. The quantitative estimate of drug-likeness (QED) is 0.571. The molecular weight excluding hydrogens is 368 g/mol. The minimum Gasteiger partial charge on any atom is -0.452 e. The summed E-state index contributed by atoms with van der Waals surface area (Å²) < 4.78 is 7.13. The Morgan fingerprint density at radius 3 is 2.45 bits per heavy atom. The minimum atomic E-state index is -0.557. The highest BCUT2D eigenvalue weighted by molar-refractivity contribution is 6.04. The van der Waals surface area contributed by atoms with Gasteiger partial charge >= 0.3 is 5.97 Å². The van der Waals surface area contributed by atoms with Crippen LogP contribution in [0.15, 0.2) is 42.6 Å². The van der Waals surface area contributed by atoms with Crippen LogP contribution in [0.2, 0.25) is 0 Å². The maximum atomic E-state index is 12.9. The van der Waals surface area contributed by atoms with E-state index in [0.717, 1.165) is 5.56 Å². The second-order valence-corrected chi connectivity index (χ2v) is 6.98. The van der Waals surface area contributed by atoms with Crippen molar-refractivity contribution < 1.29 is 14.3 Å². The number of hydrogen-bond donors (Lipinski definition) is 0. The maximum absolute atomic E-state index is 12.9. The molecule has 0 fully saturated rings. The lowest BCUT2D eigenvalue weighted by molar-refractivity contribution is -0.134. The van der Waals surface area contributed by atoms with Crippen molar-refractivity contribution in [3.8, 4) is 11.3 Å². The fraction of sp³-hybridized carbons (Fsp3) is 0.364. The van der Waals surface area contributed by atoms with Crippen LogP contribution in [0.5, 0.6) is 0 Å². The highest BCUT2D eigenvalue weighted by Gasteiger charge is 2.21. The van der Waals surface area contributed by atoms with E-state index >= 15 is 0 Å². The number of rotatable bonds is 7. The second-order valence-electron chi connectivity index (χ2n) is 6.98. The Kier molecular flexibility index (Phi) is 6.26. The molecule has 2 heterocycles. The predicted octanol–water partition coefficient (Wildman–Crippen LogP) is 3.70. The highest BCUT2D eigenvalue weighted by Crippen LogP contribution is 2.26. The summed E-state index contributed by atoms with van der Waals surface area (Å²) in [6.45, 7) is 8.65. The molecule has 3 aromatic rings. The number of carbonyl (C=O) groups excluding carboxylic acids is 2. The summed E-state index contributed by atoms with van der Waals surface area (Å²) in [5.74, 6) is -0.770. The van der Waals surface area contributed by atoms with Crippen LogP contribution in [0.4, 0.5) is 0 Å². The Hall–Kier alpha value is -3.22. The molecule has 2 aromatic heterocycles. The van der Waals surface area contributed by atoms with Crippen LogP contribution < -0.4 is 0 Å². The van der Waals surface area contributed by atoms with Crippen LogP contribution >= 0.6 is 0 Å². The Labute approximate surface area is 170 Å². The van der Waals surface area contributed by atoms with Gasteiger partial charge in [-0.1, -0.05) is 30.3 Å². The van der Waals surface area contributed by atoms with Crippen molar-refractivity contribution in [3.63, 3.8) is 0 Å². The standard InChI is InChI=1S/C22H26N4O3/c1-5-25(6-2)20(27)14-29-22(28)17-12-19(16-10-8-7-9-11-16)24-21-18(17)13-23-26(21)15(3)4/h7-13,15H,5-6,14H2,1-4H3. The first-order chi connectivity index (χ1) is 14.0. The fourth-order valence-corrected chi connectivity index (χ4v) is 3.19. The Bertz CT molecular complexity index is 1010. The van der Waals surface area contributed by atoms with E-state index < -0.39 is 5.97 Å². The molecule has 0 radical (unpaired) electrons. The molecule has 0 aliphatic rings. The van der Waals surface area contributed by atoms with E-state index in [9.17, 15) is 9.59 Å². The number of nitrogens with zero attached hydrogens (tertiary/aromatic N) is 4. The molecule has 3 rings (SSSR count). The topological polar surface area (TPSA) is 77.3 Å². The maximum Gasteiger partial charge on any atom is 0.339 e. The van der Waals surface area contributed by atoms with E-state index in [1.807, 2.05) is 58.0 Å². The monoisotopic (exact) mass is 394 g/mol. The molecule has 1 amide bonds. The Morgan fingerprint density at radius 1 is 1.14 bits per heavy atom. The first-order valence-electron chi connectivity index (χ1n) is 9.84. The molecule has 0 atom stereocenters. The van der Waals surface area contributed by atoms with Crippen molar-refractivity contribution in [2.45, 2.75) is 33.7 Å². The van der Waals surface area contributed by atoms with Crippen molar-refractivity contribution in [1.82, 2.24) is 19.7 Å². The van der Waals surface area contributed by atoms with Gasteiger partial charge in [-0.2, -0.15) is 5.10 Å². The third-order valence-corrected chi connectivity index (χ3v) is 4.79. The fourth-order valence-electron chi connectivity index (χ4n) is 3.19. The number of hydrogen-bond acceptors (Lipinski definition) is 5. The molecule has 7 heteroatoms. The molecule has 0 bridgehead atoms. The van der Waals surface area contributed by atoms with E-state index in [2.05, 4.69) is 5.10 Å². The normalized spacial score (nSPS) is 11.1. The van der Waals surface area contributed by atoms with Gasteiger partial charge in [-0.3, -0.25) is 4.79 Å². The van der Waals surface area contributed by atoms with Crippen LogP contribution in [-0.4, -0.2) is 51.2 Å². The van der Waals surface area contributed by atoms with Crippen LogP contribution in [-0.2, 0) is 9.53 Å². The summed E-state index contributed by atoms with van der Waals surface area (Å²) in [6.07, 6.45) is 1.62. The zero-order valence-electron chi connectivity index (χ0n) is 17.3. The smallest absolute Gasteiger partial charge is 0.339 e. The van der Waals surface area contributed by atoms with Gasteiger partial charge < -0.3 is 9.64 Å². The van der Waals surface area contributed by atoms with Crippen molar-refractivity contribution in [1.29, 1.82) is 0 Å². The molecule has 1 aromatic carbocycles. The average molecular weight is 394 g/mol. The van der Waals surface area contributed by atoms with Gasteiger partial charge in [-0.15, -0.1) is 0 Å². The van der Waals surface area contributed by atoms with Gasteiger partial charge in [-0.25, -0.2) is 14.5 Å². The van der Waals surface area contributed by atoms with Gasteiger partial charge in [0.25, 0.3) is 5.91 Å². The third-order valence-electron chi connectivity index (χ3n) is 4.79. The van der Waals surface area contributed by atoms with E-state index in [0.29, 0.717) is 35.4 Å². The lowest BCUT2D eigenvalue weighted by Gasteiger charge is -2.18. The SMILES string of the molecule is CCN(CC)C(=O)COC(=O)c1cc(-c2ccccc2)nc2c1cnn2C(C)C. The number of likely N-dealkylation sites (N-methyl/N-ethyl adjacent to an activating group) is 1. The van der Waals surface area contributed by atoms with Crippen molar-refractivity contribution in [2.75, 3.05) is 19.7 Å². The molecular formula is C22H26N4O3. The highest BCUT2D eigenvalue weighted by atomic mass is 16.5. The number of benzene rings is 1. The van der Waals surface area contributed by atoms with E-state index in [-0.39, 0.29) is 18.6 Å². The lowest BCUT2D eigenvalue weighted by atomic mass is 10.1. The average Bonchev–Trinajstić information content (AvgIpc) is 3.17. The Balaban J connectivity index is 1.99. The van der Waals surface area contributed by atoms with Gasteiger partial charge in [0.2, 0.25) is 0 Å². The number of amides is 1. The Morgan fingerprint density at radius 2 is 1.83 bits per heavy atom. The number of carbonyl (C=O) groups is 2. The molecule has 0 saturated carbocycles. The predicted molar refractivity (Wildman–Crippen MR) is 112 cm³/mol. The van der Waals surface area contributed by atoms with Gasteiger partial charge in [0, 0.05) is 24.7 Å². The summed E-state index contributed by atoms with van der Waals surface area (Å²) in [7, 11) is 0. The lowest BCUT2D eigenvalue weighted by Crippen LogP contribution is -2.34. The summed E-state index contributed by atoms with van der Waals surface area (Å²) >= 11 is 0. The minimum absolute atomic E-state index is 0.0825. The summed E-state index contributed by atoms with van der Waals surface area (Å²) in [5.41, 5.74) is 2.51. The van der Waals surface area contributed by atoms with Gasteiger partial charge in [0.05, 0.1) is 22.8 Å². The summed E-state index contributed by atoms with van der Waals surface area (Å²) in [6, 6.07) is 11.4. The largest absolute Gasteiger partial charge is 0.452 e. The number of ether oxygens (including phenoxy) is 1. The van der Waals surface area contributed by atoms with E-state index in [1.54, 1.807) is 21.8 Å². The van der Waals surface area contributed by atoms with Gasteiger partial charge in [0.15, 0.2) is 12.3 Å². The molecule has 0 unspecified atom stereocenters. The van der Waals surface area contributed by atoms with Gasteiger partial charge in [-0.05, 0) is 33.8 Å². The number of aromatic nitrogens is 3. The molecule has 0 aliphatic heterocycles. The molecule has 0 spiro atoms. The van der Waals surface area contributed by atoms with Gasteiger partial charge in [0.1, 0.15) is 0 Å². The first-order valence-corrected chi connectivity index (χ1v) is 9.84. The number of pyridine rings is 1. The first kappa shape index (κ1) is 20.5. The molecule has 0 saturated heterocycles. The molecule has 0 N–H and O–H groups in total. The zero-order valence-corrected chi connectivity index (χ0v) is 17.3. The second kappa shape index (κ2) is 8.86. The number of fused-ring (bicyclic) bond motifs is 1. The third kappa shape index (κ3) is 4.29. The van der Waals surface area contributed by atoms with Crippen molar-refractivity contribution in [3.05, 3.63) is 48.2 Å². The van der Waals surface area contributed by atoms with Crippen LogP contribution in [0.3, 0.4) is 0 Å².